The summed E-state index contributed by atoms with van der Waals surface area (Å²) in [5.41, 5.74) is 2.07. The van der Waals surface area contributed by atoms with Crippen LogP contribution >= 0.6 is 23.4 Å². The van der Waals surface area contributed by atoms with Crippen LogP contribution in [0.5, 0.6) is 0 Å². The Hall–Kier alpha value is -2.12. The molecule has 1 aromatic heterocycles. The molecule has 2 rings (SSSR count). The third-order valence-electron chi connectivity index (χ3n) is 3.66. The fraction of sp³-hybridized carbons (Fsp3) is 0.368. The summed E-state index contributed by atoms with van der Waals surface area (Å²) in [6.07, 6.45) is 3.51. The SMILES string of the molecule is CCCSc1ncc(Cl)c(C(=O)NCCC(=O)Nc2ccc(CC)cc2)n1. The van der Waals surface area contributed by atoms with Gasteiger partial charge in [-0.15, -0.1) is 0 Å². The van der Waals surface area contributed by atoms with Crippen molar-refractivity contribution < 1.29 is 9.59 Å². The number of aromatic nitrogens is 2. The van der Waals surface area contributed by atoms with Crippen LogP contribution in [0.2, 0.25) is 5.02 Å². The van der Waals surface area contributed by atoms with Crippen LogP contribution in [-0.4, -0.2) is 34.1 Å². The van der Waals surface area contributed by atoms with E-state index in [1.165, 1.54) is 23.5 Å². The predicted molar refractivity (Wildman–Crippen MR) is 109 cm³/mol. The average molecular weight is 407 g/mol. The van der Waals surface area contributed by atoms with Gasteiger partial charge in [0, 0.05) is 24.4 Å². The molecule has 0 saturated heterocycles. The number of benzene rings is 1. The van der Waals surface area contributed by atoms with E-state index in [0.717, 1.165) is 24.3 Å². The first-order chi connectivity index (χ1) is 13.0. The number of nitrogens with one attached hydrogen (secondary N) is 2. The second-order valence-electron chi connectivity index (χ2n) is 5.80. The van der Waals surface area contributed by atoms with Gasteiger partial charge in [0.25, 0.3) is 5.91 Å². The first-order valence-electron chi connectivity index (χ1n) is 8.85. The largest absolute Gasteiger partial charge is 0.350 e. The number of carbonyl (C=O) groups is 2. The maximum absolute atomic E-state index is 12.3. The molecular weight excluding hydrogens is 384 g/mol. The maximum Gasteiger partial charge on any atom is 0.271 e. The summed E-state index contributed by atoms with van der Waals surface area (Å²) < 4.78 is 0. The zero-order valence-electron chi connectivity index (χ0n) is 15.4. The Bertz CT molecular complexity index is 784. The average Bonchev–Trinajstić information content (AvgIpc) is 2.67. The molecule has 0 fully saturated rings. The molecule has 1 heterocycles. The lowest BCUT2D eigenvalue weighted by Crippen LogP contribution is -2.28. The number of carbonyl (C=O) groups excluding carboxylic acids is 2. The van der Waals surface area contributed by atoms with Gasteiger partial charge in [0.15, 0.2) is 10.9 Å². The van der Waals surface area contributed by atoms with E-state index in [2.05, 4.69) is 34.4 Å². The highest BCUT2D eigenvalue weighted by Gasteiger charge is 2.14. The topological polar surface area (TPSA) is 84.0 Å². The molecule has 0 aliphatic heterocycles. The second kappa shape index (κ2) is 10.9. The number of thioether (sulfide) groups is 1. The lowest BCUT2D eigenvalue weighted by atomic mass is 10.1. The Morgan fingerprint density at radius 2 is 1.93 bits per heavy atom. The van der Waals surface area contributed by atoms with Crippen molar-refractivity contribution in [3.05, 3.63) is 46.7 Å². The normalized spacial score (nSPS) is 10.5. The minimum atomic E-state index is -0.416. The van der Waals surface area contributed by atoms with Crippen LogP contribution in [0.1, 0.15) is 42.7 Å². The lowest BCUT2D eigenvalue weighted by molar-refractivity contribution is -0.116. The van der Waals surface area contributed by atoms with Gasteiger partial charge in [-0.1, -0.05) is 49.3 Å². The summed E-state index contributed by atoms with van der Waals surface area (Å²) in [4.78, 5) is 32.6. The third-order valence-corrected chi connectivity index (χ3v) is 5.00. The van der Waals surface area contributed by atoms with E-state index in [1.54, 1.807) is 0 Å². The van der Waals surface area contributed by atoms with Crippen LogP contribution in [0.15, 0.2) is 35.6 Å². The molecule has 6 nitrogen and oxygen atoms in total. The van der Waals surface area contributed by atoms with E-state index in [1.807, 2.05) is 24.3 Å². The first-order valence-corrected chi connectivity index (χ1v) is 10.2. The quantitative estimate of drug-likeness (QED) is 0.486. The van der Waals surface area contributed by atoms with Crippen molar-refractivity contribution in [2.24, 2.45) is 0 Å². The van der Waals surface area contributed by atoms with Gasteiger partial charge in [-0.3, -0.25) is 9.59 Å². The number of amides is 2. The van der Waals surface area contributed by atoms with Gasteiger partial charge in [-0.05, 0) is 30.5 Å². The minimum absolute atomic E-state index is 0.126. The van der Waals surface area contributed by atoms with E-state index < -0.39 is 5.91 Å². The molecule has 2 N–H and O–H groups in total. The van der Waals surface area contributed by atoms with Gasteiger partial charge < -0.3 is 10.6 Å². The number of halogens is 1. The van der Waals surface area contributed by atoms with Crippen LogP contribution in [0.4, 0.5) is 5.69 Å². The van der Waals surface area contributed by atoms with E-state index >= 15 is 0 Å². The summed E-state index contributed by atoms with van der Waals surface area (Å²) in [7, 11) is 0. The second-order valence-corrected chi connectivity index (χ2v) is 7.27. The Labute approximate surface area is 168 Å². The first kappa shape index (κ1) is 21.2. The van der Waals surface area contributed by atoms with Gasteiger partial charge >= 0.3 is 0 Å². The Balaban J connectivity index is 1.83. The molecule has 27 heavy (non-hydrogen) atoms. The van der Waals surface area contributed by atoms with Gasteiger partial charge in [0.1, 0.15) is 0 Å². The van der Waals surface area contributed by atoms with Crippen molar-refractivity contribution in [1.29, 1.82) is 0 Å². The molecule has 0 bridgehead atoms. The number of nitrogens with zero attached hydrogens (tertiary/aromatic N) is 2. The fourth-order valence-electron chi connectivity index (χ4n) is 2.19. The standard InChI is InChI=1S/C19H23ClN4O2S/c1-3-11-27-19-22-12-15(20)17(24-19)18(26)21-10-9-16(25)23-14-7-5-13(4-2)6-8-14/h5-8,12H,3-4,9-11H2,1-2H3,(H,21,26)(H,23,25). The van der Waals surface area contributed by atoms with Crippen molar-refractivity contribution in [2.75, 3.05) is 17.6 Å². The summed E-state index contributed by atoms with van der Waals surface area (Å²) in [5, 5.41) is 6.18. The van der Waals surface area contributed by atoms with Crippen LogP contribution in [0.25, 0.3) is 0 Å². The van der Waals surface area contributed by atoms with Crippen molar-refractivity contribution in [2.45, 2.75) is 38.3 Å². The molecular formula is C19H23ClN4O2S. The van der Waals surface area contributed by atoms with Crippen LogP contribution in [-0.2, 0) is 11.2 Å². The number of hydrogen-bond donors (Lipinski definition) is 2. The summed E-state index contributed by atoms with van der Waals surface area (Å²) in [5.74, 6) is 0.274. The highest BCUT2D eigenvalue weighted by Crippen LogP contribution is 2.18. The molecule has 1 aromatic carbocycles. The number of anilines is 1. The van der Waals surface area contributed by atoms with Crippen molar-refractivity contribution in [1.82, 2.24) is 15.3 Å². The predicted octanol–water partition coefficient (Wildman–Crippen LogP) is 3.95. The molecule has 144 valence electrons. The van der Waals surface area contributed by atoms with Crippen molar-refractivity contribution >= 4 is 40.9 Å². The molecule has 2 aromatic rings. The Morgan fingerprint density at radius 3 is 2.59 bits per heavy atom. The summed E-state index contributed by atoms with van der Waals surface area (Å²) >= 11 is 7.49. The maximum atomic E-state index is 12.3. The van der Waals surface area contributed by atoms with Crippen LogP contribution < -0.4 is 10.6 Å². The van der Waals surface area contributed by atoms with E-state index in [-0.39, 0.29) is 29.6 Å². The number of aryl methyl sites for hydroxylation is 1. The smallest absolute Gasteiger partial charge is 0.271 e. The molecule has 0 spiro atoms. The zero-order chi connectivity index (χ0) is 19.6. The van der Waals surface area contributed by atoms with Gasteiger partial charge in [-0.25, -0.2) is 9.97 Å². The van der Waals surface area contributed by atoms with Gasteiger partial charge in [0.2, 0.25) is 5.91 Å². The Kier molecular flexibility index (Phi) is 8.54. The third kappa shape index (κ3) is 6.84. The van der Waals surface area contributed by atoms with Gasteiger partial charge in [-0.2, -0.15) is 0 Å². The van der Waals surface area contributed by atoms with Crippen LogP contribution in [0, 0.1) is 0 Å². The van der Waals surface area contributed by atoms with Crippen molar-refractivity contribution in [3.63, 3.8) is 0 Å². The highest BCUT2D eigenvalue weighted by atomic mass is 35.5. The van der Waals surface area contributed by atoms with Crippen molar-refractivity contribution in [3.8, 4) is 0 Å². The van der Waals surface area contributed by atoms with E-state index in [9.17, 15) is 9.59 Å². The van der Waals surface area contributed by atoms with Crippen LogP contribution in [0.3, 0.4) is 0 Å². The molecule has 0 atom stereocenters. The van der Waals surface area contributed by atoms with Gasteiger partial charge in [0.05, 0.1) is 11.2 Å². The zero-order valence-corrected chi connectivity index (χ0v) is 17.0. The molecule has 0 saturated carbocycles. The van der Waals surface area contributed by atoms with E-state index in [0.29, 0.717) is 5.16 Å². The molecule has 8 heteroatoms. The molecule has 0 radical (unpaired) electrons. The summed E-state index contributed by atoms with van der Waals surface area (Å²) in [6, 6.07) is 7.68. The number of hydrogen-bond acceptors (Lipinski definition) is 5. The highest BCUT2D eigenvalue weighted by molar-refractivity contribution is 7.99. The molecule has 0 aliphatic carbocycles. The summed E-state index contributed by atoms with van der Waals surface area (Å²) in [6.45, 7) is 4.32. The fourth-order valence-corrected chi connectivity index (χ4v) is 3.04. The van der Waals surface area contributed by atoms with E-state index in [4.69, 9.17) is 11.6 Å². The molecule has 0 aliphatic rings. The minimum Gasteiger partial charge on any atom is -0.350 e. The number of rotatable bonds is 9. The Morgan fingerprint density at radius 1 is 1.19 bits per heavy atom. The molecule has 2 amide bonds. The monoisotopic (exact) mass is 406 g/mol. The molecule has 0 unspecified atom stereocenters. The lowest BCUT2D eigenvalue weighted by Gasteiger charge is -2.08.